The van der Waals surface area contributed by atoms with Crippen molar-refractivity contribution in [3.8, 4) is 0 Å². The van der Waals surface area contributed by atoms with Crippen molar-refractivity contribution in [1.29, 1.82) is 0 Å². The van der Waals surface area contributed by atoms with Crippen LogP contribution in [0.2, 0.25) is 0 Å². The van der Waals surface area contributed by atoms with Gasteiger partial charge in [0.05, 0.1) is 11.6 Å². The number of aryl methyl sites for hydroxylation is 1. The van der Waals surface area contributed by atoms with E-state index in [1.165, 1.54) is 5.56 Å². The van der Waals surface area contributed by atoms with Gasteiger partial charge in [-0.3, -0.25) is 9.58 Å². The lowest BCUT2D eigenvalue weighted by Crippen LogP contribution is -2.46. The molecule has 0 bridgehead atoms. The molecule has 28 heavy (non-hydrogen) atoms. The lowest BCUT2D eigenvalue weighted by atomic mass is 10.2. The van der Waals surface area contributed by atoms with Gasteiger partial charge in [-0.15, -0.1) is 0 Å². The highest BCUT2D eigenvalue weighted by atomic mass is 15.3. The third-order valence-electron chi connectivity index (χ3n) is 5.27. The molecule has 4 rings (SSSR count). The van der Waals surface area contributed by atoms with Crippen molar-refractivity contribution >= 4 is 22.8 Å². The van der Waals surface area contributed by atoms with Gasteiger partial charge >= 0.3 is 0 Å². The van der Waals surface area contributed by atoms with E-state index in [9.17, 15) is 0 Å². The molecule has 3 N–H and O–H groups in total. The maximum Gasteiger partial charge on any atom is 0.226 e. The smallest absolute Gasteiger partial charge is 0.226 e. The third-order valence-corrected chi connectivity index (χ3v) is 5.27. The van der Waals surface area contributed by atoms with Crippen LogP contribution >= 0.6 is 0 Å². The second kappa shape index (κ2) is 8.53. The average Bonchev–Trinajstić information content (AvgIpc) is 3.09. The summed E-state index contributed by atoms with van der Waals surface area (Å²) in [5.74, 6) is 1.04. The van der Waals surface area contributed by atoms with Gasteiger partial charge in [0, 0.05) is 46.3 Å². The highest BCUT2D eigenvalue weighted by Gasteiger charge is 2.16. The van der Waals surface area contributed by atoms with E-state index in [2.05, 4.69) is 60.5 Å². The van der Waals surface area contributed by atoms with Crippen molar-refractivity contribution in [2.24, 2.45) is 7.05 Å². The highest BCUT2D eigenvalue weighted by molar-refractivity contribution is 5.86. The Labute approximate surface area is 165 Å². The molecule has 8 nitrogen and oxygen atoms in total. The summed E-state index contributed by atoms with van der Waals surface area (Å²) in [5, 5.41) is 8.27. The van der Waals surface area contributed by atoms with E-state index >= 15 is 0 Å². The number of piperazine rings is 1. The first-order valence-electron chi connectivity index (χ1n) is 9.87. The van der Waals surface area contributed by atoms with E-state index in [-0.39, 0.29) is 0 Å². The van der Waals surface area contributed by atoms with Crippen LogP contribution in [0.25, 0.3) is 11.0 Å². The van der Waals surface area contributed by atoms with Crippen LogP contribution in [0, 0.1) is 0 Å². The van der Waals surface area contributed by atoms with Crippen LogP contribution in [0.15, 0.2) is 36.5 Å². The minimum absolute atomic E-state index is 0.468. The fraction of sp³-hybridized carbons (Fsp3) is 0.450. The van der Waals surface area contributed by atoms with Gasteiger partial charge in [0.2, 0.25) is 5.95 Å². The highest BCUT2D eigenvalue weighted by Crippen LogP contribution is 2.18. The normalized spacial score (nSPS) is 15.9. The summed E-state index contributed by atoms with van der Waals surface area (Å²) in [6.45, 7) is 7.45. The lowest BCUT2D eigenvalue weighted by molar-refractivity contribution is 0.127. The van der Waals surface area contributed by atoms with Gasteiger partial charge in [-0.2, -0.15) is 15.1 Å². The zero-order valence-corrected chi connectivity index (χ0v) is 16.4. The Hall–Kier alpha value is -2.71. The van der Waals surface area contributed by atoms with Gasteiger partial charge in [0.15, 0.2) is 5.65 Å². The van der Waals surface area contributed by atoms with E-state index in [0.717, 1.165) is 63.3 Å². The van der Waals surface area contributed by atoms with Crippen LogP contribution in [0.1, 0.15) is 12.0 Å². The second-order valence-corrected chi connectivity index (χ2v) is 7.32. The number of aromatic nitrogens is 4. The van der Waals surface area contributed by atoms with Crippen molar-refractivity contribution in [1.82, 2.24) is 29.5 Å². The van der Waals surface area contributed by atoms with Crippen molar-refractivity contribution in [3.05, 3.63) is 42.1 Å². The Morgan fingerprint density at radius 3 is 2.57 bits per heavy atom. The summed E-state index contributed by atoms with van der Waals surface area (Å²) in [6, 6.07) is 10.7. The van der Waals surface area contributed by atoms with Crippen LogP contribution in [0.4, 0.5) is 11.8 Å². The molecule has 1 saturated heterocycles. The minimum Gasteiger partial charge on any atom is -0.383 e. The Balaban J connectivity index is 1.19. The fourth-order valence-electron chi connectivity index (χ4n) is 3.64. The molecule has 0 radical (unpaired) electrons. The molecule has 8 heteroatoms. The molecule has 3 heterocycles. The monoisotopic (exact) mass is 380 g/mol. The number of fused-ring (bicyclic) bond motifs is 1. The average molecular weight is 381 g/mol. The van der Waals surface area contributed by atoms with Crippen LogP contribution in [0.3, 0.4) is 0 Å². The predicted octanol–water partition coefficient (Wildman–Crippen LogP) is 1.57. The molecule has 2 aromatic heterocycles. The first-order chi connectivity index (χ1) is 13.7. The molecule has 0 atom stereocenters. The number of nitrogens with zero attached hydrogens (tertiary/aromatic N) is 6. The van der Waals surface area contributed by atoms with E-state index < -0.39 is 0 Å². The van der Waals surface area contributed by atoms with Gasteiger partial charge in [0.25, 0.3) is 0 Å². The Morgan fingerprint density at radius 2 is 1.79 bits per heavy atom. The van der Waals surface area contributed by atoms with E-state index in [4.69, 9.17) is 5.73 Å². The predicted molar refractivity (Wildman–Crippen MR) is 112 cm³/mol. The molecular weight excluding hydrogens is 352 g/mol. The van der Waals surface area contributed by atoms with Gasteiger partial charge < -0.3 is 16.0 Å². The molecule has 1 aliphatic rings. The number of rotatable bonds is 7. The summed E-state index contributed by atoms with van der Waals surface area (Å²) in [6.07, 6.45) is 2.75. The zero-order chi connectivity index (χ0) is 19.3. The van der Waals surface area contributed by atoms with Crippen LogP contribution in [0.5, 0.6) is 0 Å². The molecular formula is C20H28N8. The summed E-state index contributed by atoms with van der Waals surface area (Å²) in [5.41, 5.74) is 8.15. The first kappa shape index (κ1) is 18.6. The number of benzene rings is 1. The third kappa shape index (κ3) is 4.40. The quantitative estimate of drug-likeness (QED) is 0.602. The maximum absolute atomic E-state index is 6.00. The number of nitrogens with one attached hydrogen (secondary N) is 1. The molecule has 0 unspecified atom stereocenters. The summed E-state index contributed by atoms with van der Waals surface area (Å²) >= 11 is 0. The number of anilines is 2. The number of hydrogen-bond donors (Lipinski definition) is 2. The molecule has 0 aliphatic carbocycles. The molecule has 0 spiro atoms. The number of hydrogen-bond acceptors (Lipinski definition) is 7. The minimum atomic E-state index is 0.468. The zero-order valence-electron chi connectivity index (χ0n) is 16.4. The van der Waals surface area contributed by atoms with Crippen molar-refractivity contribution in [3.63, 3.8) is 0 Å². The molecule has 3 aromatic rings. The molecule has 1 aromatic carbocycles. The summed E-state index contributed by atoms with van der Waals surface area (Å²) in [4.78, 5) is 13.9. The number of nitrogens with two attached hydrogens (primary N) is 1. The molecule has 1 fully saturated rings. The molecule has 0 amide bonds. The Kier molecular flexibility index (Phi) is 5.68. The van der Waals surface area contributed by atoms with E-state index in [1.54, 1.807) is 10.9 Å². The van der Waals surface area contributed by atoms with Crippen molar-refractivity contribution < 1.29 is 0 Å². The molecule has 148 valence electrons. The van der Waals surface area contributed by atoms with E-state index in [0.29, 0.717) is 11.8 Å². The lowest BCUT2D eigenvalue weighted by Gasteiger charge is -2.34. The Bertz CT molecular complexity index is 899. The standard InChI is InChI=1S/C20H28N8/c1-26-19-17(14-23-26)18(21)24-20(25-19)22-8-5-9-27-10-12-28(13-11-27)15-16-6-3-2-4-7-16/h2-4,6-7,14H,5,8-13,15H2,1H3,(H3,21,22,24,25). The van der Waals surface area contributed by atoms with Crippen molar-refractivity contribution in [2.45, 2.75) is 13.0 Å². The van der Waals surface area contributed by atoms with Crippen LogP contribution in [-0.4, -0.2) is 68.8 Å². The Morgan fingerprint density at radius 1 is 1.04 bits per heavy atom. The largest absolute Gasteiger partial charge is 0.383 e. The fourth-order valence-corrected chi connectivity index (χ4v) is 3.64. The SMILES string of the molecule is Cn1ncc2c(N)nc(NCCCN3CCN(Cc4ccccc4)CC3)nc21. The molecule has 0 saturated carbocycles. The topological polar surface area (TPSA) is 88.1 Å². The van der Waals surface area contributed by atoms with Gasteiger partial charge in [-0.05, 0) is 18.5 Å². The van der Waals surface area contributed by atoms with Crippen molar-refractivity contribution in [2.75, 3.05) is 50.3 Å². The first-order valence-corrected chi connectivity index (χ1v) is 9.87. The summed E-state index contributed by atoms with van der Waals surface area (Å²) < 4.78 is 1.72. The van der Waals surface area contributed by atoms with Gasteiger partial charge in [0.1, 0.15) is 5.82 Å². The second-order valence-electron chi connectivity index (χ2n) is 7.32. The van der Waals surface area contributed by atoms with Crippen LogP contribution < -0.4 is 11.1 Å². The van der Waals surface area contributed by atoms with Gasteiger partial charge in [-0.1, -0.05) is 30.3 Å². The molecule has 1 aliphatic heterocycles. The van der Waals surface area contributed by atoms with E-state index in [1.807, 2.05) is 7.05 Å². The summed E-state index contributed by atoms with van der Waals surface area (Å²) in [7, 11) is 1.86. The maximum atomic E-state index is 6.00. The van der Waals surface area contributed by atoms with Gasteiger partial charge in [-0.25, -0.2) is 0 Å². The van der Waals surface area contributed by atoms with Crippen LogP contribution in [-0.2, 0) is 13.6 Å². The number of nitrogen functional groups attached to an aromatic ring is 1.